The summed E-state index contributed by atoms with van der Waals surface area (Å²) in [4.78, 5) is 35.5. The fraction of sp³-hybridized carbons (Fsp3) is 0.571. The number of carbonyl (C=O) groups excluding carboxylic acids is 3. The lowest BCUT2D eigenvalue weighted by atomic mass is 9.95. The zero-order chi connectivity index (χ0) is 25.5. The van der Waals surface area contributed by atoms with Crippen molar-refractivity contribution in [2.45, 2.75) is 55.8 Å². The molecule has 34 heavy (non-hydrogen) atoms. The van der Waals surface area contributed by atoms with Crippen molar-refractivity contribution in [3.8, 4) is 5.75 Å². The van der Waals surface area contributed by atoms with E-state index in [0.29, 0.717) is 5.56 Å². The standard InChI is InChI=1S/C21H28O13/c1-30-14(23)7-21(29,8-15(24)31-2)20(28)32-10-11-3-5-12(6-4-11)33-19-18(27)17(26)16(25)13(9-22)34-19/h3-6,13,16-19,22,25-27,29H,7-10H2,1-2H3/t13-,16-,17+,18-,19-/m1/s1. The molecule has 1 fully saturated rings. The molecule has 1 aliphatic rings. The monoisotopic (exact) mass is 488 g/mol. The van der Waals surface area contributed by atoms with Gasteiger partial charge in [0.15, 0.2) is 5.60 Å². The second kappa shape index (κ2) is 12.1. The normalized spacial score (nSPS) is 24.7. The first-order chi connectivity index (χ1) is 16.0. The highest BCUT2D eigenvalue weighted by atomic mass is 16.7. The first kappa shape index (κ1) is 27.4. The summed E-state index contributed by atoms with van der Waals surface area (Å²) in [6.45, 7) is -0.933. The SMILES string of the molecule is COC(=O)CC(O)(CC(=O)OC)C(=O)OCc1ccc(O[C@@H]2O[C@H](CO)[C@@H](O)[C@H](O)[C@H]2O)cc1. The Morgan fingerprint density at radius 3 is 2.00 bits per heavy atom. The number of esters is 3. The summed E-state index contributed by atoms with van der Waals surface area (Å²) in [6, 6.07) is 5.82. The van der Waals surface area contributed by atoms with Crippen LogP contribution in [0.2, 0.25) is 0 Å². The molecule has 190 valence electrons. The molecule has 0 bridgehead atoms. The number of methoxy groups -OCH3 is 2. The molecular formula is C21H28O13. The van der Waals surface area contributed by atoms with Gasteiger partial charge in [-0.1, -0.05) is 12.1 Å². The highest BCUT2D eigenvalue weighted by Crippen LogP contribution is 2.25. The lowest BCUT2D eigenvalue weighted by molar-refractivity contribution is -0.277. The average molecular weight is 488 g/mol. The average Bonchev–Trinajstić information content (AvgIpc) is 2.83. The molecule has 5 atom stereocenters. The van der Waals surface area contributed by atoms with Gasteiger partial charge in [0.05, 0.1) is 33.7 Å². The first-order valence-corrected chi connectivity index (χ1v) is 10.1. The third-order valence-corrected chi connectivity index (χ3v) is 5.10. The van der Waals surface area contributed by atoms with Crippen molar-refractivity contribution in [1.82, 2.24) is 0 Å². The molecule has 5 N–H and O–H groups in total. The molecule has 0 unspecified atom stereocenters. The minimum Gasteiger partial charge on any atom is -0.469 e. The van der Waals surface area contributed by atoms with E-state index in [1.54, 1.807) is 0 Å². The molecule has 0 saturated carbocycles. The van der Waals surface area contributed by atoms with Crippen molar-refractivity contribution in [2.24, 2.45) is 0 Å². The number of benzene rings is 1. The number of aliphatic hydroxyl groups is 5. The van der Waals surface area contributed by atoms with E-state index in [0.717, 1.165) is 14.2 Å². The van der Waals surface area contributed by atoms with E-state index in [2.05, 4.69) is 9.47 Å². The zero-order valence-corrected chi connectivity index (χ0v) is 18.5. The third-order valence-electron chi connectivity index (χ3n) is 5.10. The van der Waals surface area contributed by atoms with Crippen molar-refractivity contribution >= 4 is 17.9 Å². The van der Waals surface area contributed by atoms with Crippen LogP contribution in [0.25, 0.3) is 0 Å². The van der Waals surface area contributed by atoms with Crippen LogP contribution in [0.4, 0.5) is 0 Å². The van der Waals surface area contributed by atoms with Gasteiger partial charge in [0.1, 0.15) is 36.8 Å². The molecule has 13 heteroatoms. The lowest BCUT2D eigenvalue weighted by Crippen LogP contribution is -2.60. The predicted molar refractivity (Wildman–Crippen MR) is 109 cm³/mol. The Labute approximate surface area is 194 Å². The van der Waals surface area contributed by atoms with Crippen LogP contribution in [0.15, 0.2) is 24.3 Å². The molecule has 0 aromatic heterocycles. The molecule has 0 radical (unpaired) electrons. The molecule has 13 nitrogen and oxygen atoms in total. The molecule has 0 amide bonds. The summed E-state index contributed by atoms with van der Waals surface area (Å²) >= 11 is 0. The fourth-order valence-electron chi connectivity index (χ4n) is 3.08. The Morgan fingerprint density at radius 2 is 1.50 bits per heavy atom. The Hall–Kier alpha value is -2.81. The van der Waals surface area contributed by atoms with Gasteiger partial charge in [0.25, 0.3) is 0 Å². The summed E-state index contributed by atoms with van der Waals surface area (Å²) in [6.07, 6.45) is -8.83. The Bertz CT molecular complexity index is 820. The van der Waals surface area contributed by atoms with Gasteiger partial charge in [0.2, 0.25) is 6.29 Å². The van der Waals surface area contributed by atoms with E-state index in [-0.39, 0.29) is 12.4 Å². The van der Waals surface area contributed by atoms with Gasteiger partial charge >= 0.3 is 17.9 Å². The minimum atomic E-state index is -2.48. The molecule has 1 aromatic carbocycles. The highest BCUT2D eigenvalue weighted by Gasteiger charge is 2.45. The maximum atomic E-state index is 12.4. The number of hydrogen-bond donors (Lipinski definition) is 5. The molecular weight excluding hydrogens is 460 g/mol. The number of hydrogen-bond acceptors (Lipinski definition) is 13. The lowest BCUT2D eigenvalue weighted by Gasteiger charge is -2.39. The molecule has 0 spiro atoms. The van der Waals surface area contributed by atoms with Crippen LogP contribution in [0, 0.1) is 0 Å². The summed E-state index contributed by atoms with van der Waals surface area (Å²) in [5.41, 5.74) is -2.04. The van der Waals surface area contributed by atoms with Gasteiger partial charge in [-0.2, -0.15) is 0 Å². The Kier molecular flexibility index (Phi) is 9.73. The van der Waals surface area contributed by atoms with E-state index < -0.39 is 73.7 Å². The van der Waals surface area contributed by atoms with E-state index in [1.807, 2.05) is 0 Å². The minimum absolute atomic E-state index is 0.187. The summed E-state index contributed by atoms with van der Waals surface area (Å²) in [5, 5.41) is 49.4. The molecule has 1 heterocycles. The molecule has 1 aliphatic heterocycles. The van der Waals surface area contributed by atoms with Gasteiger partial charge < -0.3 is 49.2 Å². The van der Waals surface area contributed by atoms with Crippen LogP contribution < -0.4 is 4.74 Å². The molecule has 1 aromatic rings. The van der Waals surface area contributed by atoms with E-state index in [4.69, 9.17) is 14.2 Å². The zero-order valence-electron chi connectivity index (χ0n) is 18.5. The van der Waals surface area contributed by atoms with Gasteiger partial charge in [-0.3, -0.25) is 9.59 Å². The van der Waals surface area contributed by atoms with Crippen molar-refractivity contribution in [1.29, 1.82) is 0 Å². The summed E-state index contributed by atoms with van der Waals surface area (Å²) < 4.78 is 24.6. The van der Waals surface area contributed by atoms with Crippen molar-refractivity contribution < 1.29 is 63.6 Å². The summed E-state index contributed by atoms with van der Waals surface area (Å²) in [5.74, 6) is -2.91. The maximum Gasteiger partial charge on any atom is 0.339 e. The maximum absolute atomic E-state index is 12.4. The fourth-order valence-corrected chi connectivity index (χ4v) is 3.08. The van der Waals surface area contributed by atoms with Crippen LogP contribution >= 0.6 is 0 Å². The molecule has 1 saturated heterocycles. The van der Waals surface area contributed by atoms with Gasteiger partial charge in [-0.15, -0.1) is 0 Å². The number of aliphatic hydroxyl groups excluding tert-OH is 4. The quantitative estimate of drug-likeness (QED) is 0.175. The van der Waals surface area contributed by atoms with Crippen LogP contribution in [-0.4, -0.2) is 101 Å². The second-order valence-corrected chi connectivity index (χ2v) is 7.57. The van der Waals surface area contributed by atoms with E-state index in [9.17, 15) is 39.9 Å². The molecule has 0 aliphatic carbocycles. The van der Waals surface area contributed by atoms with Gasteiger partial charge in [0, 0.05) is 0 Å². The van der Waals surface area contributed by atoms with Crippen LogP contribution in [0.3, 0.4) is 0 Å². The smallest absolute Gasteiger partial charge is 0.339 e. The first-order valence-electron chi connectivity index (χ1n) is 10.1. The van der Waals surface area contributed by atoms with Crippen LogP contribution in [0.5, 0.6) is 5.75 Å². The number of rotatable bonds is 10. The number of ether oxygens (including phenoxy) is 5. The van der Waals surface area contributed by atoms with Crippen molar-refractivity contribution in [2.75, 3.05) is 20.8 Å². The van der Waals surface area contributed by atoms with Crippen LogP contribution in [-0.2, 0) is 39.9 Å². The van der Waals surface area contributed by atoms with Gasteiger partial charge in [-0.05, 0) is 17.7 Å². The third kappa shape index (κ3) is 6.85. The van der Waals surface area contributed by atoms with Crippen molar-refractivity contribution in [3.63, 3.8) is 0 Å². The Morgan fingerprint density at radius 1 is 0.941 bits per heavy atom. The predicted octanol–water partition coefficient (Wildman–Crippen LogP) is -2.23. The van der Waals surface area contributed by atoms with Crippen LogP contribution in [0.1, 0.15) is 18.4 Å². The topological polar surface area (TPSA) is 199 Å². The van der Waals surface area contributed by atoms with E-state index in [1.165, 1.54) is 24.3 Å². The van der Waals surface area contributed by atoms with E-state index >= 15 is 0 Å². The largest absolute Gasteiger partial charge is 0.469 e. The second-order valence-electron chi connectivity index (χ2n) is 7.57. The highest BCUT2D eigenvalue weighted by molar-refractivity contribution is 5.90. The van der Waals surface area contributed by atoms with Crippen molar-refractivity contribution in [3.05, 3.63) is 29.8 Å². The number of carbonyl (C=O) groups is 3. The molecule has 2 rings (SSSR count). The Balaban J connectivity index is 2.00. The van der Waals surface area contributed by atoms with Gasteiger partial charge in [-0.25, -0.2) is 4.79 Å². The summed E-state index contributed by atoms with van der Waals surface area (Å²) in [7, 11) is 2.11.